The normalized spacial score (nSPS) is 18.3. The Bertz CT molecular complexity index is 498. The second-order valence-electron chi connectivity index (χ2n) is 4.83. The molecule has 0 radical (unpaired) electrons. The summed E-state index contributed by atoms with van der Waals surface area (Å²) < 4.78 is 5.03. The van der Waals surface area contributed by atoms with Crippen LogP contribution in [0.25, 0.3) is 0 Å². The fraction of sp³-hybridized carbons (Fsp3) is 0.583. The number of ether oxygens (including phenoxy) is 1. The first-order chi connectivity index (χ1) is 8.98. The van der Waals surface area contributed by atoms with E-state index >= 15 is 0 Å². The molecule has 0 spiro atoms. The van der Waals surface area contributed by atoms with Crippen molar-refractivity contribution in [3.05, 3.63) is 16.1 Å². The van der Waals surface area contributed by atoms with Crippen molar-refractivity contribution in [3.8, 4) is 0 Å². The van der Waals surface area contributed by atoms with Crippen LogP contribution in [0.15, 0.2) is 5.51 Å². The third-order valence-corrected chi connectivity index (χ3v) is 4.07. The Labute approximate surface area is 115 Å². The Balaban J connectivity index is 2.28. The molecular formula is C12H17N3O3S. The number of carbonyl (C=O) groups is 2. The Kier molecular flexibility index (Phi) is 3.86. The van der Waals surface area contributed by atoms with E-state index in [0.717, 1.165) is 0 Å². The van der Waals surface area contributed by atoms with Gasteiger partial charge in [0.2, 0.25) is 5.91 Å². The minimum atomic E-state index is -0.844. The molecule has 1 aliphatic heterocycles. The maximum atomic E-state index is 12.6. The fourth-order valence-electron chi connectivity index (χ4n) is 2.06. The highest BCUT2D eigenvalue weighted by Gasteiger charge is 2.41. The molecule has 2 heterocycles. The summed E-state index contributed by atoms with van der Waals surface area (Å²) in [6, 6.07) is 0. The molecule has 0 unspecified atom stereocenters. The minimum absolute atomic E-state index is 0.134. The molecule has 2 amide bonds. The first kappa shape index (κ1) is 14.0. The lowest BCUT2D eigenvalue weighted by Gasteiger charge is -2.41. The van der Waals surface area contributed by atoms with Crippen LogP contribution < -0.4 is 5.32 Å². The second-order valence-corrected chi connectivity index (χ2v) is 5.69. The van der Waals surface area contributed by atoms with Gasteiger partial charge >= 0.3 is 0 Å². The SMILES string of the molecule is COCc1ncsc1C(=O)N1CCNC(=O)C1(C)C. The first-order valence-corrected chi connectivity index (χ1v) is 6.88. The molecule has 1 aromatic rings. The molecule has 1 saturated heterocycles. The van der Waals surface area contributed by atoms with Gasteiger partial charge in [-0.2, -0.15) is 0 Å². The average Bonchev–Trinajstić information content (AvgIpc) is 2.80. The smallest absolute Gasteiger partial charge is 0.266 e. The minimum Gasteiger partial charge on any atom is -0.378 e. The molecule has 2 rings (SSSR count). The van der Waals surface area contributed by atoms with E-state index in [4.69, 9.17) is 4.74 Å². The van der Waals surface area contributed by atoms with E-state index < -0.39 is 5.54 Å². The zero-order chi connectivity index (χ0) is 14.0. The summed E-state index contributed by atoms with van der Waals surface area (Å²) in [7, 11) is 1.56. The van der Waals surface area contributed by atoms with Gasteiger partial charge in [-0.1, -0.05) is 0 Å². The third kappa shape index (κ3) is 2.48. The number of amides is 2. The zero-order valence-corrected chi connectivity index (χ0v) is 12.0. The molecule has 1 aliphatic rings. The molecule has 7 heteroatoms. The van der Waals surface area contributed by atoms with Crippen molar-refractivity contribution in [2.45, 2.75) is 26.0 Å². The molecule has 1 aromatic heterocycles. The van der Waals surface area contributed by atoms with Crippen molar-refractivity contribution in [2.75, 3.05) is 20.2 Å². The molecule has 0 atom stereocenters. The molecule has 1 N–H and O–H groups in total. The van der Waals surface area contributed by atoms with Gasteiger partial charge in [0, 0.05) is 20.2 Å². The van der Waals surface area contributed by atoms with Crippen LogP contribution in [0, 0.1) is 0 Å². The molecule has 0 aliphatic carbocycles. The Morgan fingerprint density at radius 2 is 2.37 bits per heavy atom. The maximum absolute atomic E-state index is 12.6. The predicted molar refractivity (Wildman–Crippen MR) is 71.0 cm³/mol. The summed E-state index contributed by atoms with van der Waals surface area (Å²) >= 11 is 1.28. The van der Waals surface area contributed by atoms with Gasteiger partial charge in [0.1, 0.15) is 10.4 Å². The quantitative estimate of drug-likeness (QED) is 0.883. The summed E-state index contributed by atoms with van der Waals surface area (Å²) in [6.45, 7) is 4.77. The maximum Gasteiger partial charge on any atom is 0.266 e. The summed E-state index contributed by atoms with van der Waals surface area (Å²) in [5.41, 5.74) is 1.40. The van der Waals surface area contributed by atoms with E-state index in [9.17, 15) is 9.59 Å². The number of aromatic nitrogens is 1. The van der Waals surface area contributed by atoms with Crippen molar-refractivity contribution in [3.63, 3.8) is 0 Å². The number of nitrogens with zero attached hydrogens (tertiary/aromatic N) is 2. The zero-order valence-electron chi connectivity index (χ0n) is 11.2. The van der Waals surface area contributed by atoms with E-state index in [1.54, 1.807) is 31.4 Å². The topological polar surface area (TPSA) is 71.5 Å². The van der Waals surface area contributed by atoms with E-state index in [2.05, 4.69) is 10.3 Å². The summed E-state index contributed by atoms with van der Waals surface area (Å²) in [5.74, 6) is -0.292. The van der Waals surface area contributed by atoms with Crippen LogP contribution in [0.4, 0.5) is 0 Å². The number of piperazine rings is 1. The van der Waals surface area contributed by atoms with Gasteiger partial charge in [0.25, 0.3) is 5.91 Å². The van der Waals surface area contributed by atoms with Gasteiger partial charge in [-0.05, 0) is 13.8 Å². The van der Waals surface area contributed by atoms with Crippen LogP contribution in [-0.2, 0) is 16.1 Å². The van der Waals surface area contributed by atoms with Gasteiger partial charge in [-0.3, -0.25) is 9.59 Å². The van der Waals surface area contributed by atoms with Crippen LogP contribution in [0.1, 0.15) is 29.2 Å². The highest BCUT2D eigenvalue weighted by atomic mass is 32.1. The standard InChI is InChI=1S/C12H17N3O3S/c1-12(2)11(17)13-4-5-15(12)10(16)9-8(6-18-3)14-7-19-9/h7H,4-6H2,1-3H3,(H,13,17). The average molecular weight is 283 g/mol. The highest BCUT2D eigenvalue weighted by Crippen LogP contribution is 2.24. The summed E-state index contributed by atoms with van der Waals surface area (Å²) in [6.07, 6.45) is 0. The van der Waals surface area contributed by atoms with Crippen molar-refractivity contribution in [1.82, 2.24) is 15.2 Å². The van der Waals surface area contributed by atoms with Crippen molar-refractivity contribution in [1.29, 1.82) is 0 Å². The second kappa shape index (κ2) is 5.26. The van der Waals surface area contributed by atoms with E-state index in [1.165, 1.54) is 11.3 Å². The summed E-state index contributed by atoms with van der Waals surface area (Å²) in [4.78, 5) is 30.7. The molecule has 0 bridgehead atoms. The number of nitrogens with one attached hydrogen (secondary N) is 1. The van der Waals surface area contributed by atoms with Gasteiger partial charge in [0.05, 0.1) is 17.8 Å². The molecule has 1 fully saturated rings. The number of carbonyl (C=O) groups excluding carboxylic acids is 2. The predicted octanol–water partition coefficient (Wildman–Crippen LogP) is 0.640. The van der Waals surface area contributed by atoms with Gasteiger partial charge in [-0.15, -0.1) is 11.3 Å². The van der Waals surface area contributed by atoms with Crippen molar-refractivity contribution in [2.24, 2.45) is 0 Å². The van der Waals surface area contributed by atoms with Crippen molar-refractivity contribution < 1.29 is 14.3 Å². The Hall–Kier alpha value is -1.47. The van der Waals surface area contributed by atoms with Gasteiger partial charge in [0.15, 0.2) is 0 Å². The monoisotopic (exact) mass is 283 g/mol. The number of methoxy groups -OCH3 is 1. The molecule has 6 nitrogen and oxygen atoms in total. The number of hydrogen-bond acceptors (Lipinski definition) is 5. The van der Waals surface area contributed by atoms with E-state index in [0.29, 0.717) is 30.3 Å². The number of rotatable bonds is 3. The number of hydrogen-bond donors (Lipinski definition) is 1. The van der Waals surface area contributed by atoms with Crippen LogP contribution in [0.5, 0.6) is 0 Å². The van der Waals surface area contributed by atoms with Crippen LogP contribution >= 0.6 is 11.3 Å². The molecule has 0 aromatic carbocycles. The largest absolute Gasteiger partial charge is 0.378 e. The van der Waals surface area contributed by atoms with Crippen molar-refractivity contribution >= 4 is 23.2 Å². The van der Waals surface area contributed by atoms with Gasteiger partial charge < -0.3 is 15.0 Å². The lowest BCUT2D eigenvalue weighted by Crippen LogP contribution is -2.63. The lowest BCUT2D eigenvalue weighted by molar-refractivity contribution is -0.133. The summed E-state index contributed by atoms with van der Waals surface area (Å²) in [5, 5.41) is 2.77. The molecule has 0 saturated carbocycles. The van der Waals surface area contributed by atoms with Crippen LogP contribution in [0.3, 0.4) is 0 Å². The van der Waals surface area contributed by atoms with E-state index in [-0.39, 0.29) is 11.8 Å². The Morgan fingerprint density at radius 1 is 1.63 bits per heavy atom. The fourth-order valence-corrected chi connectivity index (χ4v) is 2.80. The molecule has 104 valence electrons. The van der Waals surface area contributed by atoms with E-state index in [1.807, 2.05) is 0 Å². The number of thiazole rings is 1. The van der Waals surface area contributed by atoms with Crippen LogP contribution in [0.2, 0.25) is 0 Å². The lowest BCUT2D eigenvalue weighted by atomic mass is 9.98. The molecular weight excluding hydrogens is 266 g/mol. The first-order valence-electron chi connectivity index (χ1n) is 6.00. The Morgan fingerprint density at radius 3 is 3.05 bits per heavy atom. The highest BCUT2D eigenvalue weighted by molar-refractivity contribution is 7.11. The third-order valence-electron chi connectivity index (χ3n) is 3.21. The molecule has 19 heavy (non-hydrogen) atoms. The van der Waals surface area contributed by atoms with Gasteiger partial charge in [-0.25, -0.2) is 4.98 Å². The van der Waals surface area contributed by atoms with Crippen LogP contribution in [-0.4, -0.2) is 47.4 Å².